The van der Waals surface area contributed by atoms with Gasteiger partial charge in [0, 0.05) is 24.7 Å². The number of rotatable bonds is 3. The maximum Gasteiger partial charge on any atom is 0.295 e. The van der Waals surface area contributed by atoms with Crippen molar-refractivity contribution >= 4 is 11.4 Å². The summed E-state index contributed by atoms with van der Waals surface area (Å²) in [5.41, 5.74) is 6.00. The lowest BCUT2D eigenvalue weighted by molar-refractivity contribution is -0.384. The SMILES string of the molecule is COc1cc(N2CCC(N)C2C)c([N+](=O)[O-])cc1F. The molecule has 1 fully saturated rings. The fourth-order valence-electron chi connectivity index (χ4n) is 2.37. The van der Waals surface area contributed by atoms with Gasteiger partial charge in [-0.1, -0.05) is 0 Å². The van der Waals surface area contributed by atoms with Gasteiger partial charge in [-0.05, 0) is 13.3 Å². The second-order valence-corrected chi connectivity index (χ2v) is 4.62. The number of hydrogen-bond donors (Lipinski definition) is 1. The number of nitro groups is 1. The van der Waals surface area contributed by atoms with Crippen molar-refractivity contribution in [3.05, 3.63) is 28.1 Å². The number of nitrogens with zero attached hydrogens (tertiary/aromatic N) is 2. The van der Waals surface area contributed by atoms with Crippen LogP contribution < -0.4 is 15.4 Å². The van der Waals surface area contributed by atoms with E-state index in [2.05, 4.69) is 0 Å². The number of benzene rings is 1. The highest BCUT2D eigenvalue weighted by Gasteiger charge is 2.33. The van der Waals surface area contributed by atoms with Crippen molar-refractivity contribution < 1.29 is 14.1 Å². The minimum Gasteiger partial charge on any atom is -0.494 e. The van der Waals surface area contributed by atoms with Crippen LogP contribution in [0.15, 0.2) is 12.1 Å². The Morgan fingerprint density at radius 2 is 2.26 bits per heavy atom. The molecule has 1 heterocycles. The van der Waals surface area contributed by atoms with Crippen LogP contribution in [0.5, 0.6) is 5.75 Å². The molecule has 0 aromatic heterocycles. The summed E-state index contributed by atoms with van der Waals surface area (Å²) >= 11 is 0. The van der Waals surface area contributed by atoms with Gasteiger partial charge in [-0.3, -0.25) is 10.1 Å². The Morgan fingerprint density at radius 3 is 2.74 bits per heavy atom. The van der Waals surface area contributed by atoms with Gasteiger partial charge in [0.2, 0.25) is 0 Å². The first-order valence-corrected chi connectivity index (χ1v) is 6.00. The van der Waals surface area contributed by atoms with E-state index < -0.39 is 10.7 Å². The van der Waals surface area contributed by atoms with Gasteiger partial charge in [0.1, 0.15) is 5.69 Å². The molecule has 2 unspecified atom stereocenters. The fraction of sp³-hybridized carbons (Fsp3) is 0.500. The number of nitrogens with two attached hydrogens (primary N) is 1. The quantitative estimate of drug-likeness (QED) is 0.666. The number of anilines is 1. The molecule has 0 radical (unpaired) electrons. The van der Waals surface area contributed by atoms with Crippen molar-refractivity contribution in [2.75, 3.05) is 18.6 Å². The maximum absolute atomic E-state index is 13.6. The van der Waals surface area contributed by atoms with Gasteiger partial charge in [0.05, 0.1) is 18.1 Å². The molecule has 6 nitrogen and oxygen atoms in total. The van der Waals surface area contributed by atoms with Gasteiger partial charge < -0.3 is 15.4 Å². The van der Waals surface area contributed by atoms with Crippen molar-refractivity contribution in [1.29, 1.82) is 0 Å². The van der Waals surface area contributed by atoms with Crippen LogP contribution in [0.4, 0.5) is 15.8 Å². The Morgan fingerprint density at radius 1 is 1.58 bits per heavy atom. The second-order valence-electron chi connectivity index (χ2n) is 4.62. The third-order valence-corrected chi connectivity index (χ3v) is 3.57. The molecule has 1 aliphatic rings. The average Bonchev–Trinajstić information content (AvgIpc) is 2.70. The average molecular weight is 269 g/mol. The highest BCUT2D eigenvalue weighted by molar-refractivity contribution is 5.67. The second kappa shape index (κ2) is 5.00. The Kier molecular flexibility index (Phi) is 3.57. The van der Waals surface area contributed by atoms with E-state index in [4.69, 9.17) is 10.5 Å². The molecule has 1 saturated heterocycles. The number of halogens is 1. The van der Waals surface area contributed by atoms with Crippen LogP contribution in [0.1, 0.15) is 13.3 Å². The maximum atomic E-state index is 13.6. The lowest BCUT2D eigenvalue weighted by Gasteiger charge is -2.25. The molecule has 0 aliphatic carbocycles. The van der Waals surface area contributed by atoms with Gasteiger partial charge >= 0.3 is 0 Å². The van der Waals surface area contributed by atoms with Crippen LogP contribution in [-0.4, -0.2) is 30.7 Å². The molecule has 0 spiro atoms. The van der Waals surface area contributed by atoms with Crippen LogP contribution in [0, 0.1) is 15.9 Å². The molecule has 1 aromatic carbocycles. The van der Waals surface area contributed by atoms with E-state index in [-0.39, 0.29) is 23.5 Å². The predicted molar refractivity (Wildman–Crippen MR) is 69.0 cm³/mol. The van der Waals surface area contributed by atoms with E-state index in [0.717, 1.165) is 12.5 Å². The molecule has 19 heavy (non-hydrogen) atoms. The smallest absolute Gasteiger partial charge is 0.295 e. The van der Waals surface area contributed by atoms with Gasteiger partial charge in [0.25, 0.3) is 5.69 Å². The summed E-state index contributed by atoms with van der Waals surface area (Å²) in [5, 5.41) is 11.1. The zero-order valence-corrected chi connectivity index (χ0v) is 10.8. The summed E-state index contributed by atoms with van der Waals surface area (Å²) in [4.78, 5) is 12.3. The van der Waals surface area contributed by atoms with Gasteiger partial charge in [0.15, 0.2) is 11.6 Å². The monoisotopic (exact) mass is 269 g/mol. The van der Waals surface area contributed by atoms with Crippen molar-refractivity contribution in [3.63, 3.8) is 0 Å². The van der Waals surface area contributed by atoms with Crippen molar-refractivity contribution in [1.82, 2.24) is 0 Å². The first-order chi connectivity index (χ1) is 8.95. The summed E-state index contributed by atoms with van der Waals surface area (Å²) in [7, 11) is 1.33. The third kappa shape index (κ3) is 2.33. The summed E-state index contributed by atoms with van der Waals surface area (Å²) < 4.78 is 18.5. The molecule has 2 N–H and O–H groups in total. The lowest BCUT2D eigenvalue weighted by Crippen LogP contribution is -2.37. The largest absolute Gasteiger partial charge is 0.494 e. The Hall–Kier alpha value is -1.89. The molecule has 104 valence electrons. The van der Waals surface area contributed by atoms with E-state index in [1.54, 1.807) is 0 Å². The van der Waals surface area contributed by atoms with Gasteiger partial charge in [-0.15, -0.1) is 0 Å². The molecule has 2 atom stereocenters. The minimum absolute atomic E-state index is 0.00623. The molecule has 0 saturated carbocycles. The normalized spacial score (nSPS) is 22.6. The molecule has 7 heteroatoms. The van der Waals surface area contributed by atoms with Crippen LogP contribution in [-0.2, 0) is 0 Å². The molecular weight excluding hydrogens is 253 g/mol. The molecular formula is C12H16FN3O3. The van der Waals surface area contributed by atoms with E-state index in [9.17, 15) is 14.5 Å². The fourth-order valence-corrected chi connectivity index (χ4v) is 2.37. The molecule has 1 aliphatic heterocycles. The Balaban J connectivity index is 2.51. The third-order valence-electron chi connectivity index (χ3n) is 3.57. The number of nitro benzene ring substituents is 1. The topological polar surface area (TPSA) is 81.6 Å². The predicted octanol–water partition coefficient (Wildman–Crippen LogP) is 1.67. The zero-order chi connectivity index (χ0) is 14.2. The summed E-state index contributed by atoms with van der Waals surface area (Å²) in [6.45, 7) is 2.51. The molecule has 0 amide bonds. The standard InChI is InChI=1S/C12H16FN3O3/c1-7-9(14)3-4-15(7)10-6-12(19-2)8(13)5-11(10)16(17)18/h5-7,9H,3-4,14H2,1-2H3. The van der Waals surface area contributed by atoms with E-state index >= 15 is 0 Å². The Bertz CT molecular complexity index is 509. The van der Waals surface area contributed by atoms with Crippen LogP contribution >= 0.6 is 0 Å². The van der Waals surface area contributed by atoms with Crippen LogP contribution in [0.2, 0.25) is 0 Å². The zero-order valence-electron chi connectivity index (χ0n) is 10.8. The molecule has 1 aromatic rings. The molecule has 2 rings (SSSR count). The number of hydrogen-bond acceptors (Lipinski definition) is 5. The van der Waals surface area contributed by atoms with E-state index in [1.165, 1.54) is 13.2 Å². The minimum atomic E-state index is -0.742. The van der Waals surface area contributed by atoms with E-state index in [0.29, 0.717) is 12.2 Å². The van der Waals surface area contributed by atoms with Crippen LogP contribution in [0.3, 0.4) is 0 Å². The lowest BCUT2D eigenvalue weighted by atomic mass is 10.1. The first-order valence-electron chi connectivity index (χ1n) is 6.00. The number of ether oxygens (including phenoxy) is 1. The van der Waals surface area contributed by atoms with Gasteiger partial charge in [-0.2, -0.15) is 0 Å². The number of methoxy groups -OCH3 is 1. The summed E-state index contributed by atoms with van der Waals surface area (Å²) in [6.07, 6.45) is 0.748. The Labute approximate surface area is 110 Å². The van der Waals surface area contributed by atoms with Crippen molar-refractivity contribution in [2.24, 2.45) is 5.73 Å². The first kappa shape index (κ1) is 13.5. The van der Waals surface area contributed by atoms with E-state index in [1.807, 2.05) is 11.8 Å². The van der Waals surface area contributed by atoms with Crippen molar-refractivity contribution in [2.45, 2.75) is 25.4 Å². The highest BCUT2D eigenvalue weighted by Crippen LogP contribution is 2.37. The summed E-state index contributed by atoms with van der Waals surface area (Å²) in [5.74, 6) is -0.748. The molecule has 0 bridgehead atoms. The van der Waals surface area contributed by atoms with Crippen molar-refractivity contribution in [3.8, 4) is 5.75 Å². The van der Waals surface area contributed by atoms with Crippen LogP contribution in [0.25, 0.3) is 0 Å². The summed E-state index contributed by atoms with van der Waals surface area (Å²) in [6, 6.07) is 2.18. The van der Waals surface area contributed by atoms with Gasteiger partial charge in [-0.25, -0.2) is 4.39 Å². The highest BCUT2D eigenvalue weighted by atomic mass is 19.1.